The number of carbonyl (C=O) groups excluding carboxylic acids is 1. The number of hydrogen-bond acceptors (Lipinski definition) is 6. The van der Waals surface area contributed by atoms with Crippen LogP contribution in [0.3, 0.4) is 0 Å². The van der Waals surface area contributed by atoms with Crippen molar-refractivity contribution in [1.29, 1.82) is 0 Å². The van der Waals surface area contributed by atoms with Gasteiger partial charge in [0, 0.05) is 55.0 Å². The molecule has 2 heterocycles. The third-order valence-electron chi connectivity index (χ3n) is 5.99. The van der Waals surface area contributed by atoms with Gasteiger partial charge in [0.25, 0.3) is 11.8 Å². The molecular formula is C26H32ClF2N5O2. The Labute approximate surface area is 215 Å². The van der Waals surface area contributed by atoms with Crippen molar-refractivity contribution < 1.29 is 18.3 Å². The van der Waals surface area contributed by atoms with Crippen molar-refractivity contribution in [3.63, 3.8) is 0 Å². The summed E-state index contributed by atoms with van der Waals surface area (Å²) in [6, 6.07) is 8.40. The average Bonchev–Trinajstić information content (AvgIpc) is 3.16. The minimum absolute atomic E-state index is 0.107. The largest absolute Gasteiger partial charge is 0.457 e. The lowest BCUT2D eigenvalue weighted by Crippen LogP contribution is -2.49. The Hall–Kier alpha value is -3.17. The Morgan fingerprint density at radius 1 is 1.25 bits per heavy atom. The monoisotopic (exact) mass is 519 g/mol. The van der Waals surface area contributed by atoms with E-state index in [4.69, 9.17) is 16.3 Å². The lowest BCUT2D eigenvalue weighted by molar-refractivity contribution is -0.00292. The molecule has 194 valence electrons. The van der Waals surface area contributed by atoms with Gasteiger partial charge in [-0.15, -0.1) is 0 Å². The van der Waals surface area contributed by atoms with Gasteiger partial charge in [-0.25, -0.2) is 8.78 Å². The summed E-state index contributed by atoms with van der Waals surface area (Å²) in [7, 11) is 3.43. The second-order valence-corrected chi connectivity index (χ2v) is 9.27. The first-order chi connectivity index (χ1) is 17.0. The third kappa shape index (κ3) is 5.96. The highest BCUT2D eigenvalue weighted by Gasteiger charge is 2.37. The van der Waals surface area contributed by atoms with Crippen LogP contribution >= 0.6 is 11.6 Å². The van der Waals surface area contributed by atoms with Crippen molar-refractivity contribution in [3.8, 4) is 11.5 Å². The van der Waals surface area contributed by atoms with Crippen molar-refractivity contribution in [1.82, 2.24) is 15.6 Å². The molecule has 0 saturated carbocycles. The highest BCUT2D eigenvalue weighted by molar-refractivity contribution is 6.30. The van der Waals surface area contributed by atoms with Gasteiger partial charge in [0.15, 0.2) is 6.29 Å². The minimum atomic E-state index is -2.97. The molecule has 1 amide bonds. The number of pyridine rings is 1. The molecule has 0 saturated heterocycles. The number of carbonyl (C=O) groups is 1. The van der Waals surface area contributed by atoms with Crippen molar-refractivity contribution >= 4 is 28.9 Å². The van der Waals surface area contributed by atoms with Gasteiger partial charge < -0.3 is 20.3 Å². The summed E-state index contributed by atoms with van der Waals surface area (Å²) in [5.74, 6) is -3.06. The predicted octanol–water partition coefficient (Wildman–Crippen LogP) is 5.72. The van der Waals surface area contributed by atoms with Crippen LogP contribution in [0.1, 0.15) is 38.2 Å². The van der Waals surface area contributed by atoms with E-state index >= 15 is 0 Å². The smallest absolute Gasteiger partial charge is 0.275 e. The van der Waals surface area contributed by atoms with Crippen molar-refractivity contribution in [2.24, 2.45) is 5.92 Å². The number of benzene rings is 1. The fourth-order valence-electron chi connectivity index (χ4n) is 3.68. The van der Waals surface area contributed by atoms with E-state index in [1.54, 1.807) is 19.1 Å². The number of ether oxygens (including phenoxy) is 1. The first kappa shape index (κ1) is 27.4. The number of anilines is 2. The number of fused-ring (bicyclic) bond motifs is 1. The summed E-state index contributed by atoms with van der Waals surface area (Å²) in [6.45, 7) is 6.36. The Kier molecular flexibility index (Phi) is 8.58. The molecule has 2 aromatic rings. The summed E-state index contributed by atoms with van der Waals surface area (Å²) in [6.07, 6.45) is 3.92. The molecule has 10 heteroatoms. The molecule has 36 heavy (non-hydrogen) atoms. The van der Waals surface area contributed by atoms with E-state index in [-0.39, 0.29) is 28.5 Å². The molecule has 7 nitrogen and oxygen atoms in total. The van der Waals surface area contributed by atoms with Gasteiger partial charge in [-0.1, -0.05) is 31.5 Å². The highest BCUT2D eigenvalue weighted by Crippen LogP contribution is 2.38. The van der Waals surface area contributed by atoms with Crippen molar-refractivity contribution in [3.05, 3.63) is 65.0 Å². The quantitative estimate of drug-likeness (QED) is 0.368. The van der Waals surface area contributed by atoms with Gasteiger partial charge in [-0.2, -0.15) is 0 Å². The zero-order valence-corrected chi connectivity index (χ0v) is 22.0. The van der Waals surface area contributed by atoms with Gasteiger partial charge in [0.05, 0.1) is 11.4 Å². The fraction of sp³-hybridized carbons (Fsp3) is 0.385. The third-order valence-corrected chi connectivity index (χ3v) is 6.43. The lowest BCUT2D eigenvalue weighted by Gasteiger charge is -2.27. The molecule has 0 bridgehead atoms. The Bertz CT molecular complexity index is 1170. The molecule has 0 spiro atoms. The number of aromatic nitrogens is 1. The minimum Gasteiger partial charge on any atom is -0.457 e. The van der Waals surface area contributed by atoms with Crippen LogP contribution in [0.2, 0.25) is 0 Å². The van der Waals surface area contributed by atoms with Gasteiger partial charge >= 0.3 is 0 Å². The van der Waals surface area contributed by atoms with Crippen LogP contribution in [-0.2, 0) is 0 Å². The second kappa shape index (κ2) is 11.3. The summed E-state index contributed by atoms with van der Waals surface area (Å²) >= 11 is 6.44. The maximum atomic E-state index is 14.5. The summed E-state index contributed by atoms with van der Waals surface area (Å²) in [4.78, 5) is 17.8. The molecule has 1 aliphatic heterocycles. The topological polar surface area (TPSA) is 78.5 Å². The number of allylic oxidation sites excluding steroid dienone is 3. The first-order valence-electron chi connectivity index (χ1n) is 11.6. The predicted molar refractivity (Wildman–Crippen MR) is 140 cm³/mol. The van der Waals surface area contributed by atoms with Crippen LogP contribution < -0.4 is 25.6 Å². The van der Waals surface area contributed by atoms with Gasteiger partial charge in [-0.05, 0) is 38.1 Å². The maximum absolute atomic E-state index is 14.5. The van der Waals surface area contributed by atoms with E-state index in [9.17, 15) is 13.6 Å². The summed E-state index contributed by atoms with van der Waals surface area (Å²) in [5, 5.41) is 9.50. The molecule has 2 unspecified atom stereocenters. The number of amides is 1. The molecular weight excluding hydrogens is 488 g/mol. The molecule has 3 N–H and O–H groups in total. The van der Waals surface area contributed by atoms with E-state index in [1.165, 1.54) is 39.2 Å². The first-order valence-corrected chi connectivity index (χ1v) is 12.0. The van der Waals surface area contributed by atoms with Gasteiger partial charge in [0.2, 0.25) is 0 Å². The fourth-order valence-corrected chi connectivity index (χ4v) is 3.86. The zero-order chi connectivity index (χ0) is 26.6. The number of rotatable bonds is 9. The van der Waals surface area contributed by atoms with Gasteiger partial charge in [0.1, 0.15) is 17.2 Å². The Balaban J connectivity index is 1.71. The van der Waals surface area contributed by atoms with Gasteiger partial charge in [-0.3, -0.25) is 15.1 Å². The number of hydrogen-bond donors (Lipinski definition) is 3. The Morgan fingerprint density at radius 3 is 2.58 bits per heavy atom. The highest BCUT2D eigenvalue weighted by atomic mass is 35.5. The SMILES string of the molecule is C/C=C(\C=C(\Cl)C(C)NC1Nc2ccc(Oc3ccnc(C(=O)NC)c3)cc2N1C)C(F)(F)C(C)C. The van der Waals surface area contributed by atoms with Crippen molar-refractivity contribution in [2.45, 2.75) is 45.9 Å². The molecule has 0 radical (unpaired) electrons. The van der Waals surface area contributed by atoms with E-state index in [0.717, 1.165) is 11.4 Å². The zero-order valence-electron chi connectivity index (χ0n) is 21.2. The molecule has 1 aliphatic rings. The summed E-state index contributed by atoms with van der Waals surface area (Å²) < 4.78 is 35.0. The molecule has 2 atom stereocenters. The van der Waals surface area contributed by atoms with E-state index in [1.807, 2.05) is 37.1 Å². The number of nitrogens with zero attached hydrogens (tertiary/aromatic N) is 2. The van der Waals surface area contributed by atoms with E-state index in [2.05, 4.69) is 20.9 Å². The van der Waals surface area contributed by atoms with Crippen LogP contribution in [-0.4, -0.2) is 43.2 Å². The van der Waals surface area contributed by atoms with Crippen LogP contribution in [0.5, 0.6) is 11.5 Å². The second-order valence-electron chi connectivity index (χ2n) is 8.83. The van der Waals surface area contributed by atoms with Crippen molar-refractivity contribution in [2.75, 3.05) is 24.3 Å². The standard InChI is InChI=1S/C26H32ClF2N5O2/c1-7-17(26(28,29)15(2)3)12-20(27)16(4)32-25-33-21-9-8-18(14-23(21)34(25)6)36-19-10-11-31-22(13-19)24(35)30-5/h7-16,25,32-33H,1-6H3,(H,30,35)/b17-7+,20-12+. The number of alkyl halides is 2. The van der Waals surface area contributed by atoms with Crippen LogP contribution in [0.4, 0.5) is 20.2 Å². The number of nitrogens with one attached hydrogen (secondary N) is 3. The van der Waals surface area contributed by atoms with Crippen LogP contribution in [0, 0.1) is 5.92 Å². The molecule has 0 aliphatic carbocycles. The van der Waals surface area contributed by atoms with E-state index in [0.29, 0.717) is 11.5 Å². The van der Waals surface area contributed by atoms with Crippen LogP contribution in [0.15, 0.2) is 59.3 Å². The molecule has 0 fully saturated rings. The normalized spacial score (nSPS) is 17.1. The maximum Gasteiger partial charge on any atom is 0.275 e. The van der Waals surface area contributed by atoms with Crippen LogP contribution in [0.25, 0.3) is 0 Å². The summed E-state index contributed by atoms with van der Waals surface area (Å²) in [5.41, 5.74) is 1.89. The molecule has 1 aromatic heterocycles. The Morgan fingerprint density at radius 2 is 1.94 bits per heavy atom. The average molecular weight is 520 g/mol. The number of halogens is 3. The lowest BCUT2D eigenvalue weighted by atomic mass is 9.96. The molecule has 1 aromatic carbocycles. The van der Waals surface area contributed by atoms with E-state index < -0.39 is 17.9 Å². The molecule has 3 rings (SSSR count).